The van der Waals surface area contributed by atoms with E-state index in [0.29, 0.717) is 0 Å². The second-order valence-corrected chi connectivity index (χ2v) is 7.98. The Morgan fingerprint density at radius 1 is 1.00 bits per heavy atom. The van der Waals surface area contributed by atoms with Crippen LogP contribution in [-0.2, 0) is 5.41 Å². The summed E-state index contributed by atoms with van der Waals surface area (Å²) in [6, 6.07) is 12.6. The smallest absolute Gasteiger partial charge is 0.103 e. The van der Waals surface area contributed by atoms with Crippen molar-refractivity contribution in [3.63, 3.8) is 0 Å². The summed E-state index contributed by atoms with van der Waals surface area (Å²) in [5.41, 5.74) is 3.10. The number of para-hydroxylation sites is 1. The van der Waals surface area contributed by atoms with Gasteiger partial charge in [-0.25, -0.2) is 4.68 Å². The average Bonchev–Trinajstić information content (AvgIpc) is 3.00. The van der Waals surface area contributed by atoms with Gasteiger partial charge in [-0.1, -0.05) is 18.2 Å². The Morgan fingerprint density at radius 2 is 1.61 bits per heavy atom. The Kier molecular flexibility index (Phi) is 2.74. The van der Waals surface area contributed by atoms with Crippen molar-refractivity contribution < 1.29 is 0 Å². The van der Waals surface area contributed by atoms with E-state index in [1.165, 1.54) is 38.5 Å². The Balaban J connectivity index is 1.61. The first-order valence-electron chi connectivity index (χ1n) is 8.81. The van der Waals surface area contributed by atoms with E-state index in [1.807, 2.05) is 29.1 Å². The molecule has 1 heterocycles. The predicted octanol–water partition coefficient (Wildman–Crippen LogP) is 4.21. The molecule has 23 heavy (non-hydrogen) atoms. The third-order valence-electron chi connectivity index (χ3n) is 6.40. The van der Waals surface area contributed by atoms with Crippen LogP contribution in [0.5, 0.6) is 0 Å². The van der Waals surface area contributed by atoms with Crippen molar-refractivity contribution in [3.8, 4) is 11.8 Å². The minimum absolute atomic E-state index is 0.180. The second-order valence-electron chi connectivity index (χ2n) is 7.98. The fourth-order valence-electron chi connectivity index (χ4n) is 5.96. The normalized spacial score (nSPS) is 34.5. The lowest BCUT2D eigenvalue weighted by atomic mass is 9.48. The molecule has 0 unspecified atom stereocenters. The van der Waals surface area contributed by atoms with E-state index in [9.17, 15) is 5.26 Å². The molecule has 0 saturated heterocycles. The summed E-state index contributed by atoms with van der Waals surface area (Å²) in [6.07, 6.45) is 9.93. The molecule has 4 saturated carbocycles. The molecule has 4 aliphatic carbocycles. The molecule has 3 heteroatoms. The molecule has 4 fully saturated rings. The largest absolute Gasteiger partial charge is 0.239 e. The lowest BCUT2D eigenvalue weighted by Gasteiger charge is -2.56. The van der Waals surface area contributed by atoms with Crippen molar-refractivity contribution >= 4 is 0 Å². The Bertz CT molecular complexity index is 746. The van der Waals surface area contributed by atoms with E-state index in [-0.39, 0.29) is 5.41 Å². The number of nitrogens with zero attached hydrogens (tertiary/aromatic N) is 3. The van der Waals surface area contributed by atoms with Gasteiger partial charge in [0.2, 0.25) is 0 Å². The van der Waals surface area contributed by atoms with E-state index >= 15 is 0 Å². The molecule has 0 radical (unpaired) electrons. The van der Waals surface area contributed by atoms with E-state index in [1.54, 1.807) is 0 Å². The van der Waals surface area contributed by atoms with Gasteiger partial charge in [0.25, 0.3) is 0 Å². The first-order valence-corrected chi connectivity index (χ1v) is 8.81. The zero-order valence-electron chi connectivity index (χ0n) is 13.3. The van der Waals surface area contributed by atoms with Crippen LogP contribution in [0.2, 0.25) is 0 Å². The molecule has 2 aromatic rings. The first kappa shape index (κ1) is 13.4. The number of benzene rings is 1. The zero-order chi connectivity index (χ0) is 15.4. The standard InChI is InChI=1S/C20H21N3/c21-12-17-13-23(18-4-2-1-3-5-18)22-19(17)20-9-14-6-15(10-20)8-16(7-14)11-20/h1-5,13-16H,6-11H2. The molecule has 0 amide bonds. The van der Waals surface area contributed by atoms with Gasteiger partial charge >= 0.3 is 0 Å². The molecule has 116 valence electrons. The van der Waals surface area contributed by atoms with Crippen molar-refractivity contribution in [1.82, 2.24) is 9.78 Å². The highest BCUT2D eigenvalue weighted by Crippen LogP contribution is 2.60. The van der Waals surface area contributed by atoms with Gasteiger partial charge in [-0.3, -0.25) is 0 Å². The van der Waals surface area contributed by atoms with Crippen LogP contribution in [0.15, 0.2) is 36.5 Å². The molecule has 1 aromatic heterocycles. The zero-order valence-corrected chi connectivity index (χ0v) is 13.3. The molecular formula is C20H21N3. The molecule has 0 N–H and O–H groups in total. The van der Waals surface area contributed by atoms with Gasteiger partial charge in [0.1, 0.15) is 6.07 Å². The minimum atomic E-state index is 0.180. The monoisotopic (exact) mass is 303 g/mol. The van der Waals surface area contributed by atoms with E-state index in [4.69, 9.17) is 5.10 Å². The van der Waals surface area contributed by atoms with Crippen LogP contribution in [0.3, 0.4) is 0 Å². The summed E-state index contributed by atoms with van der Waals surface area (Å²) < 4.78 is 1.91. The van der Waals surface area contributed by atoms with Crippen molar-refractivity contribution in [2.75, 3.05) is 0 Å². The van der Waals surface area contributed by atoms with Gasteiger partial charge in [0.05, 0.1) is 16.9 Å². The Labute approximate surface area is 136 Å². The van der Waals surface area contributed by atoms with E-state index < -0.39 is 0 Å². The maximum atomic E-state index is 9.68. The lowest BCUT2D eigenvalue weighted by molar-refractivity contribution is -0.00746. The topological polar surface area (TPSA) is 41.6 Å². The number of nitriles is 1. The summed E-state index contributed by atoms with van der Waals surface area (Å²) >= 11 is 0. The fraction of sp³-hybridized carbons (Fsp3) is 0.500. The third-order valence-corrected chi connectivity index (χ3v) is 6.40. The van der Waals surface area contributed by atoms with Crippen molar-refractivity contribution in [2.45, 2.75) is 43.9 Å². The highest BCUT2D eigenvalue weighted by atomic mass is 15.3. The molecule has 0 aliphatic heterocycles. The SMILES string of the molecule is N#Cc1cn(-c2ccccc2)nc1C12CC3CC(CC(C3)C1)C2. The van der Waals surface area contributed by atoms with Crippen molar-refractivity contribution in [1.29, 1.82) is 5.26 Å². The molecule has 4 bridgehead atoms. The van der Waals surface area contributed by atoms with Crippen LogP contribution in [0.4, 0.5) is 0 Å². The van der Waals surface area contributed by atoms with Gasteiger partial charge < -0.3 is 0 Å². The number of aromatic nitrogens is 2. The van der Waals surface area contributed by atoms with Crippen LogP contribution >= 0.6 is 0 Å². The second kappa shape index (κ2) is 4.71. The Morgan fingerprint density at radius 3 is 2.17 bits per heavy atom. The van der Waals surface area contributed by atoms with Crippen molar-refractivity contribution in [2.24, 2.45) is 17.8 Å². The summed E-state index contributed by atoms with van der Waals surface area (Å²) in [5, 5.41) is 14.6. The molecule has 0 spiro atoms. The van der Waals surface area contributed by atoms with Crippen LogP contribution in [0, 0.1) is 29.1 Å². The maximum absolute atomic E-state index is 9.68. The quantitative estimate of drug-likeness (QED) is 0.834. The van der Waals surface area contributed by atoms with Gasteiger partial charge in [0, 0.05) is 11.6 Å². The average molecular weight is 303 g/mol. The summed E-state index contributed by atoms with van der Waals surface area (Å²) in [4.78, 5) is 0. The number of hydrogen-bond acceptors (Lipinski definition) is 2. The molecule has 4 aliphatic rings. The van der Waals surface area contributed by atoms with Crippen LogP contribution in [0.25, 0.3) is 5.69 Å². The van der Waals surface area contributed by atoms with Crippen LogP contribution < -0.4 is 0 Å². The van der Waals surface area contributed by atoms with E-state index in [2.05, 4.69) is 18.2 Å². The molecular weight excluding hydrogens is 282 g/mol. The molecule has 0 atom stereocenters. The molecule has 1 aromatic carbocycles. The number of hydrogen-bond donors (Lipinski definition) is 0. The number of rotatable bonds is 2. The highest BCUT2D eigenvalue weighted by molar-refractivity contribution is 5.42. The van der Waals surface area contributed by atoms with Gasteiger partial charge in [-0.2, -0.15) is 10.4 Å². The van der Waals surface area contributed by atoms with Gasteiger partial charge in [0.15, 0.2) is 0 Å². The van der Waals surface area contributed by atoms with Gasteiger partial charge in [-0.15, -0.1) is 0 Å². The van der Waals surface area contributed by atoms with Crippen LogP contribution in [-0.4, -0.2) is 9.78 Å². The highest BCUT2D eigenvalue weighted by Gasteiger charge is 2.53. The summed E-state index contributed by atoms with van der Waals surface area (Å²) in [6.45, 7) is 0. The van der Waals surface area contributed by atoms with Gasteiger partial charge in [-0.05, 0) is 68.4 Å². The molecule has 6 rings (SSSR count). The lowest BCUT2D eigenvalue weighted by Crippen LogP contribution is -2.49. The molecule has 3 nitrogen and oxygen atoms in total. The predicted molar refractivity (Wildman–Crippen MR) is 88.1 cm³/mol. The summed E-state index contributed by atoms with van der Waals surface area (Å²) in [7, 11) is 0. The van der Waals surface area contributed by atoms with Crippen LogP contribution in [0.1, 0.15) is 49.8 Å². The van der Waals surface area contributed by atoms with Crippen molar-refractivity contribution in [3.05, 3.63) is 47.8 Å². The third kappa shape index (κ3) is 1.97. The minimum Gasteiger partial charge on any atom is -0.239 e. The fourth-order valence-corrected chi connectivity index (χ4v) is 5.96. The first-order chi connectivity index (χ1) is 11.3. The summed E-state index contributed by atoms with van der Waals surface area (Å²) in [5.74, 6) is 2.61. The maximum Gasteiger partial charge on any atom is 0.103 e. The van der Waals surface area contributed by atoms with E-state index in [0.717, 1.165) is 34.7 Å². The Hall–Kier alpha value is -2.08.